The van der Waals surface area contributed by atoms with Gasteiger partial charge in [-0.3, -0.25) is 4.68 Å². The van der Waals surface area contributed by atoms with Crippen LogP contribution in [0.2, 0.25) is 0 Å². The molecule has 0 spiro atoms. The van der Waals surface area contributed by atoms with Gasteiger partial charge in [0.25, 0.3) is 0 Å². The molecule has 0 bridgehead atoms. The van der Waals surface area contributed by atoms with Crippen molar-refractivity contribution in [2.24, 2.45) is 7.05 Å². The molecule has 0 aliphatic rings. The third-order valence-corrected chi connectivity index (χ3v) is 3.23. The summed E-state index contributed by atoms with van der Waals surface area (Å²) in [6, 6.07) is 0. The van der Waals surface area contributed by atoms with Gasteiger partial charge in [0.05, 0.1) is 5.69 Å². The van der Waals surface area contributed by atoms with Gasteiger partial charge in [-0.15, -0.1) is 0 Å². The minimum absolute atomic E-state index is 0.787. The van der Waals surface area contributed by atoms with E-state index in [4.69, 9.17) is 12.2 Å². The van der Waals surface area contributed by atoms with Gasteiger partial charge in [0, 0.05) is 13.6 Å². The normalized spacial score (nSPS) is 11.8. The van der Waals surface area contributed by atoms with Gasteiger partial charge in [-0.05, 0) is 46.2 Å². The Hall–Kier alpha value is -1.14. The number of rotatable bonds is 4. The fourth-order valence-corrected chi connectivity index (χ4v) is 2.40. The fraction of sp³-hybridized carbons (Fsp3) is 0.636. The van der Waals surface area contributed by atoms with Crippen molar-refractivity contribution in [3.8, 4) is 0 Å². The van der Waals surface area contributed by atoms with Crippen LogP contribution >= 0.6 is 12.2 Å². The molecule has 0 unspecified atom stereocenters. The Morgan fingerprint density at radius 1 is 1.41 bits per heavy atom. The maximum absolute atomic E-state index is 5.36. The molecule has 17 heavy (non-hydrogen) atoms. The third-order valence-electron chi connectivity index (χ3n) is 2.91. The van der Waals surface area contributed by atoms with E-state index in [1.165, 1.54) is 0 Å². The van der Waals surface area contributed by atoms with Crippen LogP contribution in [0, 0.1) is 11.7 Å². The van der Waals surface area contributed by atoms with Crippen molar-refractivity contribution in [2.45, 2.75) is 19.9 Å². The topological polar surface area (TPSA) is 41.8 Å². The Labute approximate surface area is 106 Å². The highest BCUT2D eigenvalue weighted by Gasteiger charge is 2.12. The monoisotopic (exact) mass is 253 g/mol. The summed E-state index contributed by atoms with van der Waals surface area (Å²) >= 11 is 5.36. The predicted octanol–water partition coefficient (Wildman–Crippen LogP) is 1.69. The van der Waals surface area contributed by atoms with Gasteiger partial charge >= 0.3 is 0 Å². The second kappa shape index (κ2) is 4.62. The van der Waals surface area contributed by atoms with Crippen LogP contribution in [0.3, 0.4) is 0 Å². The minimum atomic E-state index is 0.787. The van der Waals surface area contributed by atoms with E-state index in [9.17, 15) is 0 Å². The van der Waals surface area contributed by atoms with Gasteiger partial charge in [-0.2, -0.15) is 5.10 Å². The molecule has 0 fully saturated rings. The van der Waals surface area contributed by atoms with Crippen LogP contribution in [0.25, 0.3) is 11.2 Å². The largest absolute Gasteiger partial charge is 0.328 e. The summed E-state index contributed by atoms with van der Waals surface area (Å²) in [5.41, 5.74) is 3.15. The first kappa shape index (κ1) is 12.3. The number of nitrogens with one attached hydrogen (secondary N) is 1. The molecule has 2 rings (SSSR count). The van der Waals surface area contributed by atoms with Crippen LogP contribution in [0.1, 0.15) is 12.1 Å². The molecule has 0 amide bonds. The second-order valence-electron chi connectivity index (χ2n) is 4.65. The van der Waals surface area contributed by atoms with E-state index in [2.05, 4.69) is 33.6 Å². The molecular formula is C11H19N5S. The first-order chi connectivity index (χ1) is 8.00. The standard InChI is InChI=1S/C11H19N5S/c1-8-9-10(15(4)13-8)16(11(17)12-9)7-5-6-14(2)3/h5-7H2,1-4H3,(H,12,17). The molecule has 0 atom stereocenters. The van der Waals surface area contributed by atoms with E-state index in [0.717, 1.165) is 41.1 Å². The molecule has 0 aliphatic heterocycles. The highest BCUT2D eigenvalue weighted by Crippen LogP contribution is 2.17. The van der Waals surface area contributed by atoms with Crippen molar-refractivity contribution in [1.82, 2.24) is 24.2 Å². The van der Waals surface area contributed by atoms with Gasteiger partial charge in [0.1, 0.15) is 5.52 Å². The molecule has 1 N–H and O–H groups in total. The maximum atomic E-state index is 5.36. The molecule has 2 aromatic heterocycles. The van der Waals surface area contributed by atoms with Gasteiger partial charge in [0.2, 0.25) is 0 Å². The summed E-state index contributed by atoms with van der Waals surface area (Å²) < 4.78 is 4.82. The average Bonchev–Trinajstić information content (AvgIpc) is 2.68. The molecule has 0 saturated carbocycles. The van der Waals surface area contributed by atoms with Gasteiger partial charge in [-0.1, -0.05) is 0 Å². The number of nitrogens with zero attached hydrogens (tertiary/aromatic N) is 4. The summed E-state index contributed by atoms with van der Waals surface area (Å²) in [5, 5.41) is 4.40. The smallest absolute Gasteiger partial charge is 0.179 e. The number of aromatic nitrogens is 4. The number of hydrogen-bond donors (Lipinski definition) is 1. The summed E-state index contributed by atoms with van der Waals surface area (Å²) in [4.78, 5) is 5.42. The molecule has 2 heterocycles. The van der Waals surface area contributed by atoms with E-state index in [1.54, 1.807) is 0 Å². The average molecular weight is 253 g/mol. The van der Waals surface area contributed by atoms with Gasteiger partial charge in [0.15, 0.2) is 10.4 Å². The maximum Gasteiger partial charge on any atom is 0.179 e. The molecule has 0 radical (unpaired) electrons. The van der Waals surface area contributed by atoms with E-state index in [-0.39, 0.29) is 0 Å². The first-order valence-corrected chi connectivity index (χ1v) is 6.18. The van der Waals surface area contributed by atoms with Crippen molar-refractivity contribution < 1.29 is 0 Å². The first-order valence-electron chi connectivity index (χ1n) is 5.77. The van der Waals surface area contributed by atoms with Crippen molar-refractivity contribution in [3.05, 3.63) is 10.5 Å². The van der Waals surface area contributed by atoms with Crippen molar-refractivity contribution in [3.63, 3.8) is 0 Å². The van der Waals surface area contributed by atoms with E-state index in [0.29, 0.717) is 0 Å². The third kappa shape index (κ3) is 2.28. The van der Waals surface area contributed by atoms with Gasteiger partial charge < -0.3 is 14.5 Å². The number of H-pyrrole nitrogens is 1. The lowest BCUT2D eigenvalue weighted by Gasteiger charge is -2.10. The molecule has 2 aromatic rings. The zero-order chi connectivity index (χ0) is 12.6. The molecule has 5 nitrogen and oxygen atoms in total. The van der Waals surface area contributed by atoms with Crippen LogP contribution in [0.5, 0.6) is 0 Å². The van der Waals surface area contributed by atoms with Crippen molar-refractivity contribution >= 4 is 23.4 Å². The Kier molecular flexibility index (Phi) is 3.35. The summed E-state index contributed by atoms with van der Waals surface area (Å²) in [7, 11) is 6.13. The zero-order valence-electron chi connectivity index (χ0n) is 10.8. The predicted molar refractivity (Wildman–Crippen MR) is 71.8 cm³/mol. The fourth-order valence-electron chi connectivity index (χ4n) is 2.13. The molecule has 0 aromatic carbocycles. The molecule has 0 saturated heterocycles. The lowest BCUT2D eigenvalue weighted by Crippen LogP contribution is -2.15. The van der Waals surface area contributed by atoms with E-state index < -0.39 is 0 Å². The van der Waals surface area contributed by atoms with Crippen LogP contribution in [0.15, 0.2) is 0 Å². The van der Waals surface area contributed by atoms with Crippen LogP contribution < -0.4 is 0 Å². The van der Waals surface area contributed by atoms with Crippen molar-refractivity contribution in [2.75, 3.05) is 20.6 Å². The molecule has 0 aliphatic carbocycles. The summed E-state index contributed by atoms with van der Waals surface area (Å²) in [5.74, 6) is 0. The second-order valence-corrected chi connectivity index (χ2v) is 5.03. The number of fused-ring (bicyclic) bond motifs is 1. The molecule has 94 valence electrons. The Bertz CT molecular complexity index is 574. The van der Waals surface area contributed by atoms with Gasteiger partial charge in [-0.25, -0.2) is 0 Å². The number of aromatic amines is 1. The Morgan fingerprint density at radius 2 is 2.12 bits per heavy atom. The Morgan fingerprint density at radius 3 is 2.76 bits per heavy atom. The quantitative estimate of drug-likeness (QED) is 0.843. The van der Waals surface area contributed by atoms with Crippen LogP contribution in [0.4, 0.5) is 0 Å². The Balaban J connectivity index is 2.33. The van der Waals surface area contributed by atoms with Crippen molar-refractivity contribution in [1.29, 1.82) is 0 Å². The lowest BCUT2D eigenvalue weighted by molar-refractivity contribution is 0.386. The SMILES string of the molecule is Cc1nn(C)c2c1[nH]c(=S)n2CCCN(C)C. The summed E-state index contributed by atoms with van der Waals surface area (Å²) in [6.07, 6.45) is 1.08. The highest BCUT2D eigenvalue weighted by molar-refractivity contribution is 7.71. The minimum Gasteiger partial charge on any atom is -0.328 e. The number of imidazole rings is 1. The summed E-state index contributed by atoms with van der Waals surface area (Å²) in [6.45, 7) is 3.99. The molecule has 6 heteroatoms. The lowest BCUT2D eigenvalue weighted by atomic mass is 10.4. The van der Waals surface area contributed by atoms with Crippen LogP contribution in [-0.2, 0) is 13.6 Å². The highest BCUT2D eigenvalue weighted by atomic mass is 32.1. The zero-order valence-corrected chi connectivity index (χ0v) is 11.6. The van der Waals surface area contributed by atoms with Crippen LogP contribution in [-0.4, -0.2) is 44.9 Å². The number of aryl methyl sites for hydroxylation is 3. The van der Waals surface area contributed by atoms with E-state index >= 15 is 0 Å². The number of hydrogen-bond acceptors (Lipinski definition) is 3. The molecular weight excluding hydrogens is 234 g/mol. The van der Waals surface area contributed by atoms with E-state index in [1.807, 2.05) is 18.7 Å².